The standard InChI is InChI=1S/C16H16N4/c17-14-4-3-5-15-13(14)7-9-19(15)10-12-11-20-8-2-1-6-16(20)18-12/h1-6,8,11H,7,9-10,17H2. The molecule has 2 aromatic heterocycles. The third-order valence-corrected chi connectivity index (χ3v) is 3.93. The van der Waals surface area contributed by atoms with Crippen molar-refractivity contribution in [2.45, 2.75) is 13.0 Å². The number of rotatable bonds is 2. The van der Waals surface area contributed by atoms with Gasteiger partial charge in [-0.05, 0) is 30.7 Å². The Hall–Kier alpha value is -2.49. The molecule has 0 aliphatic carbocycles. The fourth-order valence-corrected chi connectivity index (χ4v) is 2.95. The van der Waals surface area contributed by atoms with Crippen molar-refractivity contribution in [3.63, 3.8) is 0 Å². The second-order valence-electron chi connectivity index (χ2n) is 5.21. The fraction of sp³-hybridized carbons (Fsp3) is 0.188. The SMILES string of the molecule is Nc1cccc2c1CCN2Cc1cn2ccccc2n1. The van der Waals surface area contributed by atoms with E-state index in [2.05, 4.69) is 26.5 Å². The van der Waals surface area contributed by atoms with Crippen LogP contribution >= 0.6 is 0 Å². The van der Waals surface area contributed by atoms with Gasteiger partial charge in [0, 0.05) is 35.9 Å². The summed E-state index contributed by atoms with van der Waals surface area (Å²) in [6, 6.07) is 12.2. The molecule has 4 heteroatoms. The van der Waals surface area contributed by atoms with Crippen LogP contribution in [0.4, 0.5) is 11.4 Å². The second-order valence-corrected chi connectivity index (χ2v) is 5.21. The summed E-state index contributed by atoms with van der Waals surface area (Å²) in [5.74, 6) is 0. The molecule has 1 aliphatic rings. The van der Waals surface area contributed by atoms with Gasteiger partial charge in [0.05, 0.1) is 12.2 Å². The zero-order valence-corrected chi connectivity index (χ0v) is 11.2. The quantitative estimate of drug-likeness (QED) is 0.723. The van der Waals surface area contributed by atoms with Gasteiger partial charge in [-0.3, -0.25) is 0 Å². The summed E-state index contributed by atoms with van der Waals surface area (Å²) >= 11 is 0. The monoisotopic (exact) mass is 264 g/mol. The number of fused-ring (bicyclic) bond motifs is 2. The summed E-state index contributed by atoms with van der Waals surface area (Å²) in [4.78, 5) is 7.02. The van der Waals surface area contributed by atoms with Gasteiger partial charge in [0.25, 0.3) is 0 Å². The van der Waals surface area contributed by atoms with Crippen LogP contribution in [0.5, 0.6) is 0 Å². The number of aromatic nitrogens is 2. The molecule has 1 aliphatic heterocycles. The first-order valence-electron chi connectivity index (χ1n) is 6.86. The molecule has 4 nitrogen and oxygen atoms in total. The van der Waals surface area contributed by atoms with Crippen LogP contribution < -0.4 is 10.6 Å². The summed E-state index contributed by atoms with van der Waals surface area (Å²) in [5.41, 5.74) is 11.6. The fourth-order valence-electron chi connectivity index (χ4n) is 2.95. The van der Waals surface area contributed by atoms with Crippen LogP contribution in [0.3, 0.4) is 0 Å². The van der Waals surface area contributed by atoms with Gasteiger partial charge >= 0.3 is 0 Å². The van der Waals surface area contributed by atoms with Crippen LogP contribution in [0.2, 0.25) is 0 Å². The van der Waals surface area contributed by atoms with E-state index in [9.17, 15) is 0 Å². The van der Waals surface area contributed by atoms with E-state index in [1.165, 1.54) is 11.3 Å². The van der Waals surface area contributed by atoms with E-state index < -0.39 is 0 Å². The Morgan fingerprint density at radius 1 is 1.15 bits per heavy atom. The molecule has 0 fully saturated rings. The molecule has 0 amide bonds. The maximum atomic E-state index is 6.04. The first-order chi connectivity index (χ1) is 9.81. The van der Waals surface area contributed by atoms with Crippen LogP contribution in [0.15, 0.2) is 48.8 Å². The Labute approximate surface area is 117 Å². The third kappa shape index (κ3) is 1.72. The van der Waals surface area contributed by atoms with Gasteiger partial charge in [0.2, 0.25) is 0 Å². The van der Waals surface area contributed by atoms with Gasteiger partial charge in [-0.1, -0.05) is 12.1 Å². The van der Waals surface area contributed by atoms with Crippen molar-refractivity contribution in [2.24, 2.45) is 0 Å². The molecule has 20 heavy (non-hydrogen) atoms. The molecule has 100 valence electrons. The number of benzene rings is 1. The van der Waals surface area contributed by atoms with Gasteiger partial charge in [0.1, 0.15) is 5.65 Å². The minimum Gasteiger partial charge on any atom is -0.398 e. The van der Waals surface area contributed by atoms with Gasteiger partial charge in [-0.15, -0.1) is 0 Å². The minimum atomic E-state index is 0.831. The third-order valence-electron chi connectivity index (χ3n) is 3.93. The van der Waals surface area contributed by atoms with E-state index in [0.717, 1.165) is 36.5 Å². The molecule has 1 aromatic carbocycles. The average molecular weight is 264 g/mol. The van der Waals surface area contributed by atoms with Gasteiger partial charge < -0.3 is 15.0 Å². The Kier molecular flexibility index (Phi) is 2.42. The summed E-state index contributed by atoms with van der Waals surface area (Å²) in [6.45, 7) is 1.84. The van der Waals surface area contributed by atoms with Gasteiger partial charge in [-0.25, -0.2) is 4.98 Å². The highest BCUT2D eigenvalue weighted by atomic mass is 15.2. The largest absolute Gasteiger partial charge is 0.398 e. The minimum absolute atomic E-state index is 0.831. The molecule has 4 rings (SSSR count). The maximum Gasteiger partial charge on any atom is 0.137 e. The molecule has 0 radical (unpaired) electrons. The number of nitrogens with two attached hydrogens (primary N) is 1. The zero-order valence-electron chi connectivity index (χ0n) is 11.2. The number of hydrogen-bond donors (Lipinski definition) is 1. The summed E-state index contributed by atoms with van der Waals surface area (Å²) in [5, 5.41) is 0. The highest BCUT2D eigenvalue weighted by molar-refractivity contribution is 5.68. The smallest absolute Gasteiger partial charge is 0.137 e. The van der Waals surface area contributed by atoms with E-state index in [1.807, 2.05) is 36.5 Å². The van der Waals surface area contributed by atoms with Crippen molar-refractivity contribution in [3.8, 4) is 0 Å². The van der Waals surface area contributed by atoms with Crippen LogP contribution in [0.1, 0.15) is 11.3 Å². The molecule has 0 saturated heterocycles. The molecule has 0 spiro atoms. The highest BCUT2D eigenvalue weighted by Gasteiger charge is 2.21. The number of nitrogens with zero attached hydrogens (tertiary/aromatic N) is 3. The van der Waals surface area contributed by atoms with Crippen LogP contribution in [-0.2, 0) is 13.0 Å². The first-order valence-corrected chi connectivity index (χ1v) is 6.86. The van der Waals surface area contributed by atoms with Crippen molar-refractivity contribution < 1.29 is 0 Å². The van der Waals surface area contributed by atoms with Gasteiger partial charge in [-0.2, -0.15) is 0 Å². The van der Waals surface area contributed by atoms with Crippen molar-refractivity contribution in [1.29, 1.82) is 0 Å². The predicted octanol–water partition coefficient (Wildman–Crippen LogP) is 2.48. The van der Waals surface area contributed by atoms with E-state index in [-0.39, 0.29) is 0 Å². The van der Waals surface area contributed by atoms with E-state index in [4.69, 9.17) is 5.73 Å². The summed E-state index contributed by atoms with van der Waals surface area (Å²) in [6.07, 6.45) is 5.15. The zero-order chi connectivity index (χ0) is 13.5. The molecule has 0 unspecified atom stereocenters. The lowest BCUT2D eigenvalue weighted by Gasteiger charge is -2.18. The topological polar surface area (TPSA) is 46.6 Å². The van der Waals surface area contributed by atoms with Crippen molar-refractivity contribution in [2.75, 3.05) is 17.2 Å². The van der Waals surface area contributed by atoms with Gasteiger partial charge in [0.15, 0.2) is 0 Å². The average Bonchev–Trinajstić information content (AvgIpc) is 3.04. The Bertz CT molecular complexity index is 742. The molecule has 2 N–H and O–H groups in total. The summed E-state index contributed by atoms with van der Waals surface area (Å²) < 4.78 is 2.06. The lowest BCUT2D eigenvalue weighted by molar-refractivity contribution is 0.820. The highest BCUT2D eigenvalue weighted by Crippen LogP contribution is 2.32. The van der Waals surface area contributed by atoms with Crippen LogP contribution in [0, 0.1) is 0 Å². The lowest BCUT2D eigenvalue weighted by Crippen LogP contribution is -2.19. The van der Waals surface area contributed by atoms with E-state index >= 15 is 0 Å². The second kappa shape index (κ2) is 4.27. The number of pyridine rings is 1. The first kappa shape index (κ1) is 11.3. The van der Waals surface area contributed by atoms with Crippen molar-refractivity contribution in [3.05, 3.63) is 60.0 Å². The predicted molar refractivity (Wildman–Crippen MR) is 80.8 cm³/mol. The molecule has 0 saturated carbocycles. The molecule has 3 aromatic rings. The maximum absolute atomic E-state index is 6.04. The number of anilines is 2. The molecule has 3 heterocycles. The lowest BCUT2D eigenvalue weighted by atomic mass is 10.1. The Morgan fingerprint density at radius 3 is 3.00 bits per heavy atom. The molecule has 0 atom stereocenters. The molecule has 0 bridgehead atoms. The summed E-state index contributed by atoms with van der Waals surface area (Å²) in [7, 11) is 0. The van der Waals surface area contributed by atoms with E-state index in [0.29, 0.717) is 0 Å². The van der Waals surface area contributed by atoms with Crippen LogP contribution in [0.25, 0.3) is 5.65 Å². The normalized spacial score (nSPS) is 13.9. The van der Waals surface area contributed by atoms with Crippen LogP contribution in [-0.4, -0.2) is 15.9 Å². The van der Waals surface area contributed by atoms with E-state index in [1.54, 1.807) is 0 Å². The van der Waals surface area contributed by atoms with Crippen molar-refractivity contribution >= 4 is 17.0 Å². The number of nitrogen functional groups attached to an aromatic ring is 1. The number of hydrogen-bond acceptors (Lipinski definition) is 3. The molecular formula is C16H16N4. The Balaban J connectivity index is 1.66. The Morgan fingerprint density at radius 2 is 2.10 bits per heavy atom. The molecular weight excluding hydrogens is 248 g/mol. The number of imidazole rings is 1. The van der Waals surface area contributed by atoms with Crippen molar-refractivity contribution in [1.82, 2.24) is 9.38 Å².